The van der Waals surface area contributed by atoms with Crippen molar-refractivity contribution in [3.05, 3.63) is 70.1 Å². The smallest absolute Gasteiger partial charge is 0.343 e. The van der Waals surface area contributed by atoms with Crippen LogP contribution in [-0.2, 0) is 10.0 Å². The zero-order valence-corrected chi connectivity index (χ0v) is 17.2. The van der Waals surface area contributed by atoms with Crippen LogP contribution >= 0.6 is 0 Å². The highest BCUT2D eigenvalue weighted by Crippen LogP contribution is 2.23. The van der Waals surface area contributed by atoms with Crippen LogP contribution in [0.4, 0.5) is 0 Å². The van der Waals surface area contributed by atoms with Crippen molar-refractivity contribution in [1.82, 2.24) is 4.31 Å². The molecule has 0 fully saturated rings. The Labute approximate surface area is 168 Å². The van der Waals surface area contributed by atoms with Crippen molar-refractivity contribution in [3.8, 4) is 5.75 Å². The molecule has 152 valence electrons. The second-order valence-corrected chi connectivity index (χ2v) is 8.35. The van der Waals surface area contributed by atoms with Gasteiger partial charge in [-0.15, -0.1) is 0 Å². The second-order valence-electron chi connectivity index (χ2n) is 6.41. The van der Waals surface area contributed by atoms with E-state index < -0.39 is 21.6 Å². The molecule has 0 unspecified atom stereocenters. The molecule has 7 nitrogen and oxygen atoms in total. The highest BCUT2D eigenvalue weighted by atomic mass is 32.2. The Hall–Kier alpha value is -2.97. The van der Waals surface area contributed by atoms with E-state index in [-0.39, 0.29) is 16.2 Å². The molecule has 1 heterocycles. The fourth-order valence-electron chi connectivity index (χ4n) is 3.01. The van der Waals surface area contributed by atoms with Gasteiger partial charge in [0.05, 0.1) is 10.5 Å². The summed E-state index contributed by atoms with van der Waals surface area (Å²) in [4.78, 5) is 24.1. The number of rotatable bonds is 6. The highest BCUT2D eigenvalue weighted by molar-refractivity contribution is 7.89. The Morgan fingerprint density at radius 1 is 1.03 bits per heavy atom. The number of carbonyl (C=O) groups excluding carboxylic acids is 1. The lowest BCUT2D eigenvalue weighted by Gasteiger charge is -2.18. The van der Waals surface area contributed by atoms with Gasteiger partial charge in [0.25, 0.3) is 0 Å². The minimum absolute atomic E-state index is 0.112. The van der Waals surface area contributed by atoms with Gasteiger partial charge in [-0.05, 0) is 48.9 Å². The van der Waals surface area contributed by atoms with E-state index in [9.17, 15) is 18.0 Å². The minimum Gasteiger partial charge on any atom is -0.423 e. The number of sulfonamides is 1. The summed E-state index contributed by atoms with van der Waals surface area (Å²) in [5.74, 6) is -0.428. The van der Waals surface area contributed by atoms with Gasteiger partial charge in [-0.25, -0.2) is 18.0 Å². The molecule has 0 bridgehead atoms. The molecule has 0 atom stereocenters. The summed E-state index contributed by atoms with van der Waals surface area (Å²) in [6.07, 6.45) is 0. The van der Waals surface area contributed by atoms with Crippen LogP contribution in [0.1, 0.15) is 29.8 Å². The lowest BCUT2D eigenvalue weighted by Crippen LogP contribution is -2.30. The third kappa shape index (κ3) is 4.23. The Balaban J connectivity index is 1.83. The molecule has 0 aliphatic rings. The molecule has 8 heteroatoms. The molecule has 0 saturated carbocycles. The van der Waals surface area contributed by atoms with Crippen molar-refractivity contribution in [1.29, 1.82) is 0 Å². The number of carbonyl (C=O) groups is 1. The molecule has 2 aromatic carbocycles. The van der Waals surface area contributed by atoms with Crippen LogP contribution in [0.5, 0.6) is 5.75 Å². The fourth-order valence-corrected chi connectivity index (χ4v) is 4.47. The number of nitrogens with zero attached hydrogens (tertiary/aromatic N) is 1. The molecular formula is C21H21NO6S. The molecule has 0 spiro atoms. The van der Waals surface area contributed by atoms with Crippen molar-refractivity contribution >= 4 is 27.0 Å². The predicted octanol–water partition coefficient (Wildman–Crippen LogP) is 3.35. The number of hydrogen-bond acceptors (Lipinski definition) is 6. The first-order chi connectivity index (χ1) is 13.8. The SMILES string of the molecule is CCN(CC)S(=O)(=O)c1ccc(C(=O)Oc2ccc3c(C)cc(=O)oc3c2)cc1. The maximum atomic E-state index is 12.5. The van der Waals surface area contributed by atoms with E-state index in [0.717, 1.165) is 10.9 Å². The Kier molecular flexibility index (Phi) is 5.86. The summed E-state index contributed by atoms with van der Waals surface area (Å²) in [7, 11) is -3.60. The predicted molar refractivity (Wildman–Crippen MR) is 109 cm³/mol. The first-order valence-electron chi connectivity index (χ1n) is 9.13. The lowest BCUT2D eigenvalue weighted by molar-refractivity contribution is 0.0735. The van der Waals surface area contributed by atoms with E-state index in [0.29, 0.717) is 18.7 Å². The average Bonchev–Trinajstić information content (AvgIpc) is 2.68. The molecule has 3 aromatic rings. The van der Waals surface area contributed by atoms with Crippen LogP contribution in [0.15, 0.2) is 62.6 Å². The van der Waals surface area contributed by atoms with Gasteiger partial charge < -0.3 is 9.15 Å². The van der Waals surface area contributed by atoms with Crippen LogP contribution in [0.2, 0.25) is 0 Å². The topological polar surface area (TPSA) is 93.9 Å². The summed E-state index contributed by atoms with van der Waals surface area (Å²) >= 11 is 0. The molecule has 3 rings (SSSR count). The Morgan fingerprint density at radius 3 is 2.31 bits per heavy atom. The standard InChI is InChI=1S/C21H21NO6S/c1-4-22(5-2)29(25,26)17-9-6-15(7-10-17)21(24)27-16-8-11-18-14(3)12-20(23)28-19(18)13-16/h6-13H,4-5H2,1-3H3. The average molecular weight is 415 g/mol. The molecule has 0 aliphatic heterocycles. The summed E-state index contributed by atoms with van der Waals surface area (Å²) < 4.78 is 36.9. The lowest BCUT2D eigenvalue weighted by atomic mass is 10.1. The number of ether oxygens (including phenoxy) is 1. The van der Waals surface area contributed by atoms with Gasteiger partial charge in [-0.3, -0.25) is 0 Å². The van der Waals surface area contributed by atoms with E-state index in [1.807, 2.05) is 0 Å². The van der Waals surface area contributed by atoms with E-state index in [1.165, 1.54) is 40.7 Å². The van der Waals surface area contributed by atoms with Crippen LogP contribution in [-0.4, -0.2) is 31.8 Å². The van der Waals surface area contributed by atoms with Gasteiger partial charge in [0, 0.05) is 30.6 Å². The number of benzene rings is 2. The van der Waals surface area contributed by atoms with Gasteiger partial charge in [-0.1, -0.05) is 13.8 Å². The molecule has 0 amide bonds. The zero-order chi connectivity index (χ0) is 21.2. The van der Waals surface area contributed by atoms with Gasteiger partial charge in [0.15, 0.2) is 0 Å². The molecule has 0 N–H and O–H groups in total. The molecule has 29 heavy (non-hydrogen) atoms. The van der Waals surface area contributed by atoms with Crippen molar-refractivity contribution < 1.29 is 22.4 Å². The van der Waals surface area contributed by atoms with E-state index in [1.54, 1.807) is 32.9 Å². The van der Waals surface area contributed by atoms with Crippen LogP contribution in [0.3, 0.4) is 0 Å². The zero-order valence-electron chi connectivity index (χ0n) is 16.3. The van der Waals surface area contributed by atoms with Crippen molar-refractivity contribution in [3.63, 3.8) is 0 Å². The fraction of sp³-hybridized carbons (Fsp3) is 0.238. The van der Waals surface area contributed by atoms with Gasteiger partial charge >= 0.3 is 11.6 Å². The Morgan fingerprint density at radius 2 is 1.69 bits per heavy atom. The van der Waals surface area contributed by atoms with E-state index in [4.69, 9.17) is 9.15 Å². The summed E-state index contributed by atoms with van der Waals surface area (Å²) in [5.41, 5.74) is 0.804. The first kappa shape index (κ1) is 20.8. The summed E-state index contributed by atoms with van der Waals surface area (Å²) in [6, 6.07) is 11.7. The molecule has 0 aliphatic carbocycles. The van der Waals surface area contributed by atoms with E-state index >= 15 is 0 Å². The number of fused-ring (bicyclic) bond motifs is 1. The number of hydrogen-bond donors (Lipinski definition) is 0. The van der Waals surface area contributed by atoms with Crippen molar-refractivity contribution in [2.45, 2.75) is 25.7 Å². The second kappa shape index (κ2) is 8.18. The highest BCUT2D eigenvalue weighted by Gasteiger charge is 2.22. The summed E-state index contributed by atoms with van der Waals surface area (Å²) in [6.45, 7) is 6.04. The molecule has 1 aromatic heterocycles. The summed E-state index contributed by atoms with van der Waals surface area (Å²) in [5, 5.41) is 0.746. The van der Waals surface area contributed by atoms with Gasteiger partial charge in [0.1, 0.15) is 11.3 Å². The van der Waals surface area contributed by atoms with E-state index in [2.05, 4.69) is 0 Å². The largest absolute Gasteiger partial charge is 0.423 e. The quantitative estimate of drug-likeness (QED) is 0.348. The van der Waals surface area contributed by atoms with Crippen molar-refractivity contribution in [2.75, 3.05) is 13.1 Å². The third-order valence-corrected chi connectivity index (χ3v) is 6.63. The van der Waals surface area contributed by atoms with Crippen molar-refractivity contribution in [2.24, 2.45) is 0 Å². The maximum absolute atomic E-state index is 12.5. The molecular weight excluding hydrogens is 394 g/mol. The minimum atomic E-state index is -3.60. The maximum Gasteiger partial charge on any atom is 0.343 e. The molecule has 0 saturated heterocycles. The van der Waals surface area contributed by atoms with Crippen LogP contribution in [0, 0.1) is 6.92 Å². The van der Waals surface area contributed by atoms with Gasteiger partial charge in [-0.2, -0.15) is 4.31 Å². The Bertz CT molecular complexity index is 1210. The third-order valence-electron chi connectivity index (χ3n) is 4.57. The number of esters is 1. The van der Waals surface area contributed by atoms with Crippen LogP contribution < -0.4 is 10.4 Å². The van der Waals surface area contributed by atoms with Crippen LogP contribution in [0.25, 0.3) is 11.0 Å². The monoisotopic (exact) mass is 415 g/mol. The first-order valence-corrected chi connectivity index (χ1v) is 10.6. The molecule has 0 radical (unpaired) electrons. The number of aryl methyl sites for hydroxylation is 1. The normalized spacial score (nSPS) is 11.7. The van der Waals surface area contributed by atoms with Gasteiger partial charge in [0.2, 0.25) is 10.0 Å².